The van der Waals surface area contributed by atoms with Gasteiger partial charge >= 0.3 is 6.09 Å². The summed E-state index contributed by atoms with van der Waals surface area (Å²) in [5.41, 5.74) is 14.2. The van der Waals surface area contributed by atoms with Gasteiger partial charge in [0.05, 0.1) is 119 Å². The third-order valence-corrected chi connectivity index (χ3v) is 30.2. The Bertz CT molecular complexity index is 7270. The fourth-order valence-corrected chi connectivity index (χ4v) is 22.4. The number of hydrogen-bond acceptors (Lipinski definition) is 32. The molecule has 4 N–H and O–H groups in total. The number of likely N-dealkylation sites (tertiary alicyclic amines) is 1. The summed E-state index contributed by atoms with van der Waals surface area (Å²) in [7, 11) is -2.47. The van der Waals surface area contributed by atoms with Crippen LogP contribution in [-0.2, 0) is 63.0 Å². The van der Waals surface area contributed by atoms with Crippen LogP contribution < -0.4 is 21.3 Å². The summed E-state index contributed by atoms with van der Waals surface area (Å²) in [5.74, 6) is 2.75. The van der Waals surface area contributed by atoms with Gasteiger partial charge < -0.3 is 30.9 Å². The molecule has 2 unspecified atom stereocenters. The minimum absolute atomic E-state index is 0.0283. The molecule has 1 amide bonds. The van der Waals surface area contributed by atoms with Crippen molar-refractivity contribution in [2.75, 3.05) is 92.7 Å². The molecule has 0 aliphatic carbocycles. The molecule has 0 spiro atoms. The first-order valence-corrected chi connectivity index (χ1v) is 49.8. The van der Waals surface area contributed by atoms with Crippen molar-refractivity contribution in [1.82, 2.24) is 132 Å². The monoisotopic (exact) mass is 1890 g/mol. The molecule has 0 saturated carbocycles. The standard InChI is InChI=1S/C23H21FN8O2S2.C21H24N8O2S.2C19H22N8O2S2/c1-30-13-16(11-27-30)20-12-26-23-22(25-7-9-32(20)23)28-21-10-19(29-35-21)15-6-8-31(14-15)36(33,34)18-4-2-17(24)3-5-18;1-3-31-21(30)28-7-4-14(5-8-28)16-10-18(32-26-16)25-19-20-23-12-17(29(20)9-6-22-19)15-11-24-27(2)13-15;1-25-12-14(10-22-25)16-11-21-19-18(20-5-8-27(16)19)23-17-9-15(24-30-17)13-3-6-26(7-4-13)31(2,28)29;1-25-11-14(9-22-25)16-10-21-19-18(20-5-7-27(16)19)23-17-8-15(24-30-17)13-4-3-6-26(12-13)31(2,28)29/h2-5,7,9-13,15H,6,8,14H2,1H3,(H,25,28);6,9-14H,3-5,7-8H2,1-2H3,(H,22,25);5,8-13H,3-4,6-7H2,1-2H3,(H,20,23);5,7-11,13H,3-4,6,12H2,1-2H3,(H,20,23). The summed E-state index contributed by atoms with van der Waals surface area (Å²) < 4.78 is 129. The molecule has 4 aliphatic heterocycles. The normalized spacial score (nSPS) is 16.4. The number of imidazole rings is 4. The molecule has 0 bridgehead atoms. The molecule has 21 rings (SSSR count). The lowest BCUT2D eigenvalue weighted by atomic mass is 9.94. The number of fused-ring (bicyclic) bond motifs is 4. The van der Waals surface area contributed by atoms with Gasteiger partial charge in [-0.2, -0.15) is 42.2 Å². The first kappa shape index (κ1) is 87.9. The zero-order valence-electron chi connectivity index (χ0n) is 71.3. The molecule has 48 heteroatoms. The number of sulfonamides is 3. The van der Waals surface area contributed by atoms with E-state index in [4.69, 9.17) is 4.74 Å². The molecule has 4 saturated heterocycles. The lowest BCUT2D eigenvalue weighted by molar-refractivity contribution is 0.0969. The van der Waals surface area contributed by atoms with E-state index < -0.39 is 35.9 Å². The average Bonchev–Trinajstić information content (AvgIpc) is 1.31. The van der Waals surface area contributed by atoms with Crippen LogP contribution in [0.2, 0.25) is 0 Å². The van der Waals surface area contributed by atoms with Gasteiger partial charge in [0.2, 0.25) is 30.1 Å². The largest absolute Gasteiger partial charge is 0.450 e. The van der Waals surface area contributed by atoms with Gasteiger partial charge in [-0.3, -0.25) is 36.3 Å². The van der Waals surface area contributed by atoms with Gasteiger partial charge in [0.25, 0.3) is 0 Å². The lowest BCUT2D eigenvalue weighted by Crippen LogP contribution is -2.38. The zero-order valence-corrected chi connectivity index (χ0v) is 77.0. The molecule has 0 radical (unpaired) electrons. The first-order chi connectivity index (χ1) is 62.8. The lowest BCUT2D eigenvalue weighted by Gasteiger charge is -2.30. The maximum atomic E-state index is 13.2. The van der Waals surface area contributed by atoms with Gasteiger partial charge in [0.1, 0.15) is 25.8 Å². The maximum Gasteiger partial charge on any atom is 0.409 e. The van der Waals surface area contributed by atoms with Crippen molar-refractivity contribution in [2.45, 2.75) is 80.4 Å². The molecule has 2 atom stereocenters. The number of carbonyl (C=O) groups is 1. The predicted molar refractivity (Wildman–Crippen MR) is 492 cm³/mol. The third kappa shape index (κ3) is 19.3. The minimum atomic E-state index is -3.68. The summed E-state index contributed by atoms with van der Waals surface area (Å²) in [6.45, 7) is 6.45. The molecule has 674 valence electrons. The minimum Gasteiger partial charge on any atom is -0.450 e. The molecule has 4 fully saturated rings. The van der Waals surface area contributed by atoms with Gasteiger partial charge in [-0.1, -0.05) is 0 Å². The quantitative estimate of drug-likeness (QED) is 0.0519. The van der Waals surface area contributed by atoms with E-state index in [1.54, 1.807) is 77.5 Å². The molecule has 4 aliphatic rings. The van der Waals surface area contributed by atoms with Crippen LogP contribution in [0.1, 0.15) is 98.3 Å². The summed E-state index contributed by atoms with van der Waals surface area (Å²) in [6.07, 6.45) is 44.7. The number of carbonyl (C=O) groups excluding carboxylic acids is 1. The summed E-state index contributed by atoms with van der Waals surface area (Å²) in [5, 5.41) is 33.7. The van der Waals surface area contributed by atoms with Crippen LogP contribution in [-0.4, -0.2) is 235 Å². The van der Waals surface area contributed by atoms with E-state index in [2.05, 4.69) is 105 Å². The highest BCUT2D eigenvalue weighted by Gasteiger charge is 2.36. The second-order valence-electron chi connectivity index (χ2n) is 31.7. The number of aromatic nitrogens is 24. The number of amides is 1. The van der Waals surface area contributed by atoms with Crippen LogP contribution in [0, 0.1) is 5.82 Å². The molecular weight excluding hydrogens is 1800 g/mol. The second-order valence-corrected chi connectivity index (χ2v) is 40.8. The van der Waals surface area contributed by atoms with Gasteiger partial charge in [0.15, 0.2) is 45.9 Å². The third-order valence-electron chi connectivity index (χ3n) is 22.9. The smallest absolute Gasteiger partial charge is 0.409 e. The van der Waals surface area contributed by atoms with E-state index in [1.807, 2.05) is 145 Å². The number of rotatable bonds is 21. The van der Waals surface area contributed by atoms with Gasteiger partial charge in [-0.25, -0.2) is 82.9 Å². The number of halogens is 1. The van der Waals surface area contributed by atoms with E-state index in [9.17, 15) is 34.4 Å². The van der Waals surface area contributed by atoms with Gasteiger partial charge in [0, 0.05) is 201 Å². The number of piperidine rings is 3. The van der Waals surface area contributed by atoms with Crippen LogP contribution in [0.25, 0.3) is 67.6 Å². The van der Waals surface area contributed by atoms with E-state index >= 15 is 0 Å². The van der Waals surface area contributed by atoms with E-state index in [0.717, 1.165) is 150 Å². The van der Waals surface area contributed by atoms with Crippen LogP contribution in [0.15, 0.2) is 177 Å². The summed E-state index contributed by atoms with van der Waals surface area (Å²) in [4.78, 5) is 49.9. The fourth-order valence-electron chi connectivity index (χ4n) is 16.2. The molecule has 17 aromatic rings. The Morgan fingerprint density at radius 2 is 0.738 bits per heavy atom. The number of aryl methyl sites for hydroxylation is 4. The summed E-state index contributed by atoms with van der Waals surface area (Å²) in [6, 6.07) is 12.9. The van der Waals surface area contributed by atoms with Crippen molar-refractivity contribution in [3.63, 3.8) is 0 Å². The maximum absolute atomic E-state index is 13.2. The molecule has 1 aromatic carbocycles. The number of ether oxygens (including phenoxy) is 1. The SMILES string of the molecule is CCOC(=O)N1CCC(c2cc(Nc3nccn4c(-c5cnn(C)c5)cnc34)sn2)CC1.Cn1cc(-c2cnc3c(Nc4cc(C5CCCN(S(C)(=O)=O)C5)ns4)nccn23)cn1.Cn1cc(-c2cnc3c(Nc4cc(C5CCN(S(=O)(=O)c6ccc(F)cc6)C5)ns4)nccn23)cn1.Cn1cc(-c2cnc3c(Nc4cc(C5CCN(S(C)(=O)=O)CC5)ns4)nccn23)cn1. The Balaban J connectivity index is 0.000000117. The van der Waals surface area contributed by atoms with E-state index in [1.165, 1.54) is 79.4 Å². The Morgan fingerprint density at radius 1 is 0.415 bits per heavy atom. The van der Waals surface area contributed by atoms with Gasteiger partial charge in [-0.05, 0) is 147 Å². The highest BCUT2D eigenvalue weighted by molar-refractivity contribution is 7.89. The highest BCUT2D eigenvalue weighted by atomic mass is 32.2. The topological polar surface area (TPSA) is 433 Å². The van der Waals surface area contributed by atoms with E-state index in [-0.39, 0.29) is 28.7 Å². The highest BCUT2D eigenvalue weighted by Crippen LogP contribution is 2.40. The van der Waals surface area contributed by atoms with Crippen LogP contribution in [0.5, 0.6) is 0 Å². The number of nitrogens with one attached hydrogen (secondary N) is 4. The van der Waals surface area contributed by atoms with Crippen molar-refractivity contribution in [3.05, 3.63) is 201 Å². The van der Waals surface area contributed by atoms with E-state index in [0.29, 0.717) is 106 Å². The molecule has 16 aromatic heterocycles. The molecule has 130 heavy (non-hydrogen) atoms. The van der Waals surface area contributed by atoms with Crippen LogP contribution in [0.3, 0.4) is 0 Å². The number of anilines is 8. The van der Waals surface area contributed by atoms with Crippen molar-refractivity contribution >= 4 is 148 Å². The summed E-state index contributed by atoms with van der Waals surface area (Å²) >= 11 is 5.42. The average molecular weight is 1890 g/mol. The predicted octanol–water partition coefficient (Wildman–Crippen LogP) is 12.3. The van der Waals surface area contributed by atoms with Crippen LogP contribution >= 0.6 is 46.1 Å². The van der Waals surface area contributed by atoms with Gasteiger partial charge in [-0.15, -0.1) is 0 Å². The Morgan fingerprint density at radius 3 is 1.08 bits per heavy atom. The van der Waals surface area contributed by atoms with Crippen molar-refractivity contribution in [1.29, 1.82) is 0 Å². The Kier molecular flexibility index (Phi) is 25.2. The van der Waals surface area contributed by atoms with Crippen molar-refractivity contribution in [2.24, 2.45) is 28.2 Å². The molecule has 40 nitrogen and oxygen atoms in total. The Labute approximate surface area is 761 Å². The fraction of sp³-hybridized carbons (Fsp3) is 0.329. The Hall–Kier alpha value is -12.8. The number of nitrogens with zero attached hydrogens (tertiary/aromatic N) is 28. The number of hydrogen-bond donors (Lipinski definition) is 4. The zero-order chi connectivity index (χ0) is 90.1. The molecular formula is C82H89FN32O8S7. The van der Waals surface area contributed by atoms with Crippen molar-refractivity contribution < 1.29 is 39.2 Å². The second kappa shape index (κ2) is 37.3. The molecule has 20 heterocycles. The number of benzene rings is 1. The van der Waals surface area contributed by atoms with Crippen molar-refractivity contribution in [3.8, 4) is 45.0 Å². The first-order valence-electron chi connectivity index (χ1n) is 41.5. The van der Waals surface area contributed by atoms with Crippen LogP contribution in [0.4, 0.5) is 52.5 Å².